The number of aryl methyl sites for hydroxylation is 3. The average molecular weight is 310 g/mol. The Morgan fingerprint density at radius 1 is 0.870 bits per heavy atom. The first-order valence-electron chi connectivity index (χ1n) is 8.57. The van der Waals surface area contributed by atoms with Gasteiger partial charge < -0.3 is 10.2 Å². The van der Waals surface area contributed by atoms with E-state index in [1.54, 1.807) is 0 Å². The highest BCUT2D eigenvalue weighted by atomic mass is 15.2. The van der Waals surface area contributed by atoms with Crippen molar-refractivity contribution in [2.45, 2.75) is 46.5 Å². The molecule has 0 atom stereocenters. The van der Waals surface area contributed by atoms with Gasteiger partial charge in [0.1, 0.15) is 17.5 Å². The van der Waals surface area contributed by atoms with E-state index in [0.29, 0.717) is 0 Å². The SMILES string of the molecule is Cc1nc(Nc2ccc(C)c(C)c2)cc(N2CCCCCC2)n1. The summed E-state index contributed by atoms with van der Waals surface area (Å²) in [4.78, 5) is 11.6. The first-order valence-corrected chi connectivity index (χ1v) is 8.57. The molecule has 0 spiro atoms. The monoisotopic (exact) mass is 310 g/mol. The van der Waals surface area contributed by atoms with Crippen LogP contribution in [0, 0.1) is 20.8 Å². The molecule has 1 N–H and O–H groups in total. The summed E-state index contributed by atoms with van der Waals surface area (Å²) in [6, 6.07) is 8.48. The van der Waals surface area contributed by atoms with Crippen LogP contribution in [0.1, 0.15) is 42.6 Å². The van der Waals surface area contributed by atoms with E-state index in [-0.39, 0.29) is 0 Å². The van der Waals surface area contributed by atoms with Crippen LogP contribution in [0.3, 0.4) is 0 Å². The summed E-state index contributed by atoms with van der Waals surface area (Å²) < 4.78 is 0. The maximum absolute atomic E-state index is 4.65. The molecule has 1 aromatic carbocycles. The van der Waals surface area contributed by atoms with Crippen molar-refractivity contribution in [2.75, 3.05) is 23.3 Å². The van der Waals surface area contributed by atoms with Crippen molar-refractivity contribution in [2.24, 2.45) is 0 Å². The van der Waals surface area contributed by atoms with E-state index in [1.165, 1.54) is 36.8 Å². The number of rotatable bonds is 3. The Bertz CT molecular complexity index is 673. The van der Waals surface area contributed by atoms with E-state index < -0.39 is 0 Å². The lowest BCUT2D eigenvalue weighted by Gasteiger charge is -2.22. The lowest BCUT2D eigenvalue weighted by molar-refractivity contribution is 0.726. The van der Waals surface area contributed by atoms with E-state index in [0.717, 1.165) is 36.2 Å². The standard InChI is InChI=1S/C19H26N4/c1-14-8-9-17(12-15(14)2)22-18-13-19(21-16(3)20-18)23-10-6-4-5-7-11-23/h8-9,12-13H,4-7,10-11H2,1-3H3,(H,20,21,22). The average Bonchev–Trinajstić information content (AvgIpc) is 2.80. The van der Waals surface area contributed by atoms with Crippen LogP contribution in [0.5, 0.6) is 0 Å². The fraction of sp³-hybridized carbons (Fsp3) is 0.474. The van der Waals surface area contributed by atoms with Gasteiger partial charge in [0.15, 0.2) is 0 Å². The van der Waals surface area contributed by atoms with Gasteiger partial charge in [-0.05, 0) is 56.9 Å². The molecule has 122 valence electrons. The fourth-order valence-corrected chi connectivity index (χ4v) is 3.04. The zero-order valence-electron chi connectivity index (χ0n) is 14.4. The van der Waals surface area contributed by atoms with Crippen molar-refractivity contribution in [3.05, 3.63) is 41.2 Å². The van der Waals surface area contributed by atoms with Gasteiger partial charge in [-0.3, -0.25) is 0 Å². The van der Waals surface area contributed by atoms with Gasteiger partial charge in [0.05, 0.1) is 0 Å². The minimum Gasteiger partial charge on any atom is -0.356 e. The molecular formula is C19H26N4. The lowest BCUT2D eigenvalue weighted by atomic mass is 10.1. The second-order valence-corrected chi connectivity index (χ2v) is 6.48. The van der Waals surface area contributed by atoms with Gasteiger partial charge in [-0.25, -0.2) is 9.97 Å². The molecule has 2 heterocycles. The predicted octanol–water partition coefficient (Wildman–Crippen LogP) is 4.53. The highest BCUT2D eigenvalue weighted by Gasteiger charge is 2.13. The number of anilines is 3. The molecule has 0 amide bonds. The fourth-order valence-electron chi connectivity index (χ4n) is 3.04. The van der Waals surface area contributed by atoms with E-state index in [4.69, 9.17) is 0 Å². The summed E-state index contributed by atoms with van der Waals surface area (Å²) in [6.45, 7) is 8.42. The van der Waals surface area contributed by atoms with Crippen molar-refractivity contribution in [1.29, 1.82) is 0 Å². The molecule has 1 aliphatic rings. The van der Waals surface area contributed by atoms with Crippen LogP contribution in [0.2, 0.25) is 0 Å². The molecule has 3 rings (SSSR count). The van der Waals surface area contributed by atoms with E-state index in [9.17, 15) is 0 Å². The molecular weight excluding hydrogens is 284 g/mol. The molecule has 0 saturated carbocycles. The number of hydrogen-bond donors (Lipinski definition) is 1. The van der Waals surface area contributed by atoms with Gasteiger partial charge in [-0.2, -0.15) is 0 Å². The predicted molar refractivity (Wildman–Crippen MR) is 96.6 cm³/mol. The summed E-state index contributed by atoms with van der Waals surface area (Å²) in [5.74, 6) is 2.74. The van der Waals surface area contributed by atoms with Crippen LogP contribution in [0.15, 0.2) is 24.3 Å². The number of benzene rings is 1. The topological polar surface area (TPSA) is 41.1 Å². The highest BCUT2D eigenvalue weighted by Crippen LogP contribution is 2.23. The lowest BCUT2D eigenvalue weighted by Crippen LogP contribution is -2.25. The van der Waals surface area contributed by atoms with E-state index in [2.05, 4.69) is 58.3 Å². The molecule has 0 bridgehead atoms. The van der Waals surface area contributed by atoms with Gasteiger partial charge in [0.25, 0.3) is 0 Å². The molecule has 1 aromatic heterocycles. The Balaban J connectivity index is 1.83. The van der Waals surface area contributed by atoms with Gasteiger partial charge >= 0.3 is 0 Å². The first-order chi connectivity index (χ1) is 11.1. The second kappa shape index (κ2) is 6.99. The van der Waals surface area contributed by atoms with Crippen LogP contribution in [-0.2, 0) is 0 Å². The third-order valence-corrected chi connectivity index (χ3v) is 4.53. The quantitative estimate of drug-likeness (QED) is 0.904. The van der Waals surface area contributed by atoms with Crippen molar-refractivity contribution >= 4 is 17.3 Å². The molecule has 0 aliphatic carbocycles. The molecule has 0 unspecified atom stereocenters. The van der Waals surface area contributed by atoms with Crippen LogP contribution >= 0.6 is 0 Å². The Morgan fingerprint density at radius 3 is 2.30 bits per heavy atom. The number of aromatic nitrogens is 2. The van der Waals surface area contributed by atoms with E-state index in [1.807, 2.05) is 6.92 Å². The second-order valence-electron chi connectivity index (χ2n) is 6.48. The maximum Gasteiger partial charge on any atom is 0.136 e. The van der Waals surface area contributed by atoms with Crippen LogP contribution in [-0.4, -0.2) is 23.1 Å². The van der Waals surface area contributed by atoms with E-state index >= 15 is 0 Å². The molecule has 4 nitrogen and oxygen atoms in total. The summed E-state index contributed by atoms with van der Waals surface area (Å²) in [6.07, 6.45) is 5.16. The van der Waals surface area contributed by atoms with Crippen LogP contribution in [0.4, 0.5) is 17.3 Å². The maximum atomic E-state index is 4.65. The zero-order chi connectivity index (χ0) is 16.2. The van der Waals surface area contributed by atoms with Crippen molar-refractivity contribution < 1.29 is 0 Å². The number of hydrogen-bond acceptors (Lipinski definition) is 4. The van der Waals surface area contributed by atoms with Gasteiger partial charge in [-0.15, -0.1) is 0 Å². The largest absolute Gasteiger partial charge is 0.356 e. The van der Waals surface area contributed by atoms with Crippen molar-refractivity contribution in [1.82, 2.24) is 9.97 Å². The zero-order valence-corrected chi connectivity index (χ0v) is 14.4. The molecule has 1 aliphatic heterocycles. The first kappa shape index (κ1) is 15.8. The summed E-state index contributed by atoms with van der Waals surface area (Å²) in [7, 11) is 0. The number of nitrogens with zero attached hydrogens (tertiary/aromatic N) is 3. The highest BCUT2D eigenvalue weighted by molar-refractivity contribution is 5.61. The summed E-state index contributed by atoms with van der Waals surface area (Å²) in [5, 5.41) is 3.43. The van der Waals surface area contributed by atoms with Crippen molar-refractivity contribution in [3.63, 3.8) is 0 Å². The molecule has 4 heteroatoms. The Morgan fingerprint density at radius 2 is 1.61 bits per heavy atom. The molecule has 2 aromatic rings. The number of nitrogens with one attached hydrogen (secondary N) is 1. The van der Waals surface area contributed by atoms with Gasteiger partial charge in [0, 0.05) is 24.8 Å². The normalized spacial score (nSPS) is 15.3. The summed E-state index contributed by atoms with van der Waals surface area (Å²) >= 11 is 0. The minimum absolute atomic E-state index is 0.818. The smallest absolute Gasteiger partial charge is 0.136 e. The van der Waals surface area contributed by atoms with Crippen LogP contribution < -0.4 is 10.2 Å². The van der Waals surface area contributed by atoms with Crippen molar-refractivity contribution in [3.8, 4) is 0 Å². The molecule has 1 saturated heterocycles. The molecule has 1 fully saturated rings. The van der Waals surface area contributed by atoms with Crippen LogP contribution in [0.25, 0.3) is 0 Å². The Labute approximate surface area is 139 Å². The third kappa shape index (κ3) is 4.01. The Hall–Kier alpha value is -2.10. The molecule has 23 heavy (non-hydrogen) atoms. The molecule has 0 radical (unpaired) electrons. The third-order valence-electron chi connectivity index (χ3n) is 4.53. The Kier molecular flexibility index (Phi) is 4.79. The summed E-state index contributed by atoms with van der Waals surface area (Å²) in [5.41, 5.74) is 3.67. The van der Waals surface area contributed by atoms with Gasteiger partial charge in [0.2, 0.25) is 0 Å². The van der Waals surface area contributed by atoms with Gasteiger partial charge in [-0.1, -0.05) is 18.9 Å². The minimum atomic E-state index is 0.818.